The number of rotatable bonds is 4. The third kappa shape index (κ3) is 2.91. The van der Waals surface area contributed by atoms with E-state index < -0.39 is 0 Å². The van der Waals surface area contributed by atoms with E-state index >= 15 is 0 Å². The van der Waals surface area contributed by atoms with Crippen molar-refractivity contribution in [3.63, 3.8) is 0 Å². The van der Waals surface area contributed by atoms with Gasteiger partial charge in [-0.25, -0.2) is 0 Å². The van der Waals surface area contributed by atoms with E-state index in [1.54, 1.807) is 12.4 Å². The van der Waals surface area contributed by atoms with Crippen LogP contribution in [0.25, 0.3) is 22.3 Å². The summed E-state index contributed by atoms with van der Waals surface area (Å²) in [5.74, 6) is 0.0651. The Bertz CT molecular complexity index is 895. The van der Waals surface area contributed by atoms with Gasteiger partial charge in [0.2, 0.25) is 5.78 Å². The molecule has 4 rings (SSSR count). The molecule has 4 aromatic heterocycles. The van der Waals surface area contributed by atoms with Gasteiger partial charge in [-0.2, -0.15) is 0 Å². The number of carbonyl (C=O) groups excluding carboxylic acids is 1. The number of nitrogens with zero attached hydrogens (tertiary/aromatic N) is 2. The molecular formula is C19H12N2OS2. The average molecular weight is 348 g/mol. The van der Waals surface area contributed by atoms with Crippen LogP contribution in [-0.2, 0) is 0 Å². The van der Waals surface area contributed by atoms with Crippen LogP contribution in [0.2, 0.25) is 0 Å². The van der Waals surface area contributed by atoms with Gasteiger partial charge in [0.1, 0.15) is 0 Å². The molecule has 0 aliphatic rings. The second-order valence-corrected chi connectivity index (χ2v) is 7.03. The molecule has 0 radical (unpaired) electrons. The van der Waals surface area contributed by atoms with Crippen LogP contribution in [-0.4, -0.2) is 15.8 Å². The Morgan fingerprint density at radius 3 is 1.67 bits per heavy atom. The number of thiophene rings is 2. The molecule has 0 fully saturated rings. The lowest BCUT2D eigenvalue weighted by atomic mass is 10.1. The highest BCUT2D eigenvalue weighted by molar-refractivity contribution is 7.16. The molecule has 4 aromatic rings. The number of hydrogen-bond donors (Lipinski definition) is 0. The van der Waals surface area contributed by atoms with Gasteiger partial charge >= 0.3 is 0 Å². The molecule has 5 heteroatoms. The molecule has 0 atom stereocenters. The van der Waals surface area contributed by atoms with Crippen molar-refractivity contribution in [2.24, 2.45) is 0 Å². The Hall–Kier alpha value is -2.63. The van der Waals surface area contributed by atoms with E-state index in [4.69, 9.17) is 0 Å². The first-order chi connectivity index (χ1) is 11.8. The summed E-state index contributed by atoms with van der Waals surface area (Å²) in [6.07, 6.45) is 7.10. The van der Waals surface area contributed by atoms with E-state index in [9.17, 15) is 4.79 Å². The summed E-state index contributed by atoms with van der Waals surface area (Å²) in [5.41, 5.74) is 4.10. The summed E-state index contributed by atoms with van der Waals surface area (Å²) >= 11 is 2.94. The molecular weight excluding hydrogens is 336 g/mol. The summed E-state index contributed by atoms with van der Waals surface area (Å²) in [6.45, 7) is 0. The fourth-order valence-electron chi connectivity index (χ4n) is 2.40. The zero-order chi connectivity index (χ0) is 16.4. The number of hydrogen-bond acceptors (Lipinski definition) is 5. The summed E-state index contributed by atoms with van der Waals surface area (Å²) in [5, 5.41) is 4.00. The Morgan fingerprint density at radius 2 is 1.25 bits per heavy atom. The van der Waals surface area contributed by atoms with Crippen molar-refractivity contribution >= 4 is 28.5 Å². The molecule has 24 heavy (non-hydrogen) atoms. The molecule has 0 aliphatic heterocycles. The van der Waals surface area contributed by atoms with Crippen molar-refractivity contribution in [3.05, 3.63) is 81.7 Å². The first-order valence-corrected chi connectivity index (χ1v) is 9.10. The van der Waals surface area contributed by atoms with Crippen LogP contribution < -0.4 is 0 Å². The molecule has 4 heterocycles. The number of pyridine rings is 2. The fourth-order valence-corrected chi connectivity index (χ4v) is 4.21. The van der Waals surface area contributed by atoms with E-state index in [0.29, 0.717) is 0 Å². The van der Waals surface area contributed by atoms with Crippen LogP contribution in [0.5, 0.6) is 0 Å². The summed E-state index contributed by atoms with van der Waals surface area (Å²) < 4.78 is 0. The number of ketones is 1. The normalized spacial score (nSPS) is 10.7. The molecule has 0 unspecified atom stereocenters. The zero-order valence-electron chi connectivity index (χ0n) is 12.5. The van der Waals surface area contributed by atoms with Gasteiger partial charge in [-0.3, -0.25) is 14.8 Å². The molecule has 0 aliphatic carbocycles. The maximum absolute atomic E-state index is 12.7. The third-order valence-electron chi connectivity index (χ3n) is 3.64. The van der Waals surface area contributed by atoms with Gasteiger partial charge in [0.05, 0.1) is 9.75 Å². The molecule has 0 N–H and O–H groups in total. The first-order valence-electron chi connectivity index (χ1n) is 7.34. The maximum atomic E-state index is 12.7. The van der Waals surface area contributed by atoms with Gasteiger partial charge in [-0.05, 0) is 46.2 Å². The van der Waals surface area contributed by atoms with Crippen molar-refractivity contribution < 1.29 is 4.79 Å². The van der Waals surface area contributed by atoms with Crippen LogP contribution in [0.3, 0.4) is 0 Å². The topological polar surface area (TPSA) is 42.9 Å². The predicted molar refractivity (Wildman–Crippen MR) is 98.5 cm³/mol. The van der Waals surface area contributed by atoms with Crippen molar-refractivity contribution in [2.45, 2.75) is 0 Å². The predicted octanol–water partition coefficient (Wildman–Crippen LogP) is 5.16. The highest BCUT2D eigenvalue weighted by atomic mass is 32.1. The van der Waals surface area contributed by atoms with Crippen molar-refractivity contribution in [1.82, 2.24) is 9.97 Å². The lowest BCUT2D eigenvalue weighted by molar-refractivity contribution is 0.104. The van der Waals surface area contributed by atoms with Crippen molar-refractivity contribution in [1.29, 1.82) is 0 Å². The van der Waals surface area contributed by atoms with E-state index in [2.05, 4.69) is 9.97 Å². The maximum Gasteiger partial charge on any atom is 0.212 e. The van der Waals surface area contributed by atoms with Crippen molar-refractivity contribution in [3.8, 4) is 22.3 Å². The molecule has 116 valence electrons. The Balaban J connectivity index is 1.61. The van der Waals surface area contributed by atoms with E-state index in [1.807, 2.05) is 59.6 Å². The largest absolute Gasteiger partial charge is 0.287 e. The highest BCUT2D eigenvalue weighted by Crippen LogP contribution is 2.30. The van der Waals surface area contributed by atoms with Crippen LogP contribution >= 0.6 is 22.7 Å². The van der Waals surface area contributed by atoms with Gasteiger partial charge < -0.3 is 0 Å². The summed E-state index contributed by atoms with van der Waals surface area (Å²) in [6, 6.07) is 11.7. The zero-order valence-corrected chi connectivity index (χ0v) is 14.2. The average Bonchev–Trinajstić information content (AvgIpc) is 3.33. The smallest absolute Gasteiger partial charge is 0.212 e. The Kier molecular flexibility index (Phi) is 4.02. The second kappa shape index (κ2) is 6.47. The lowest BCUT2D eigenvalue weighted by Gasteiger charge is -1.95. The van der Waals surface area contributed by atoms with Crippen LogP contribution in [0.15, 0.2) is 71.9 Å². The molecule has 0 amide bonds. The van der Waals surface area contributed by atoms with Gasteiger partial charge in [0.15, 0.2) is 0 Å². The molecule has 0 bridgehead atoms. The molecule has 0 spiro atoms. The monoisotopic (exact) mass is 348 g/mol. The van der Waals surface area contributed by atoms with Crippen LogP contribution in [0.4, 0.5) is 0 Å². The highest BCUT2D eigenvalue weighted by Gasteiger charge is 2.15. The minimum atomic E-state index is 0.0651. The lowest BCUT2D eigenvalue weighted by Crippen LogP contribution is -1.94. The Labute approximate surface area is 147 Å². The van der Waals surface area contributed by atoms with E-state index in [1.165, 1.54) is 22.7 Å². The van der Waals surface area contributed by atoms with Gasteiger partial charge in [-0.1, -0.05) is 12.1 Å². The van der Waals surface area contributed by atoms with E-state index in [-0.39, 0.29) is 5.78 Å². The van der Waals surface area contributed by atoms with Gasteiger partial charge in [0.25, 0.3) is 0 Å². The van der Waals surface area contributed by atoms with Gasteiger partial charge in [0, 0.05) is 35.9 Å². The van der Waals surface area contributed by atoms with Crippen molar-refractivity contribution in [2.75, 3.05) is 0 Å². The van der Waals surface area contributed by atoms with Gasteiger partial charge in [-0.15, -0.1) is 22.7 Å². The Morgan fingerprint density at radius 1 is 0.750 bits per heavy atom. The minimum absolute atomic E-state index is 0.0651. The number of carbonyl (C=O) groups is 1. The van der Waals surface area contributed by atoms with Crippen LogP contribution in [0, 0.1) is 0 Å². The third-order valence-corrected chi connectivity index (χ3v) is 5.49. The molecule has 0 saturated carbocycles. The van der Waals surface area contributed by atoms with Crippen LogP contribution in [0.1, 0.15) is 14.5 Å². The number of aromatic nitrogens is 2. The summed E-state index contributed by atoms with van der Waals surface area (Å²) in [4.78, 5) is 22.5. The van der Waals surface area contributed by atoms with E-state index in [0.717, 1.165) is 32.0 Å². The molecule has 0 saturated heterocycles. The SMILES string of the molecule is O=C(c1cc(-c2cccnc2)cs1)c1cc(-c2cccnc2)cs1. The standard InChI is InChI=1S/C19H12N2OS2/c22-19(17-7-15(11-23-17)13-3-1-5-20-9-13)18-8-16(12-24-18)14-4-2-6-21-10-14/h1-12H. The quantitative estimate of drug-likeness (QED) is 0.478. The molecule has 3 nitrogen and oxygen atoms in total. The summed E-state index contributed by atoms with van der Waals surface area (Å²) in [7, 11) is 0. The fraction of sp³-hybridized carbons (Fsp3) is 0. The second-order valence-electron chi connectivity index (χ2n) is 5.21. The first kappa shape index (κ1) is 14.9. The minimum Gasteiger partial charge on any atom is -0.287 e. The molecule has 0 aromatic carbocycles.